The molecule has 1 aliphatic heterocycles. The first-order valence-corrected chi connectivity index (χ1v) is 10.9. The van der Waals surface area contributed by atoms with Crippen LogP contribution in [0.1, 0.15) is 12.8 Å². The van der Waals surface area contributed by atoms with Gasteiger partial charge in [0.05, 0.1) is 38.0 Å². The zero-order valence-electron chi connectivity index (χ0n) is 19.2. The average molecular weight is 460 g/mol. The fourth-order valence-corrected chi connectivity index (χ4v) is 4.05. The number of pyridine rings is 1. The first-order valence-electron chi connectivity index (χ1n) is 10.9. The minimum absolute atomic E-state index is 0.0132. The maximum absolute atomic E-state index is 11.9. The lowest BCUT2D eigenvalue weighted by Crippen LogP contribution is -2.34. The molecule has 34 heavy (non-hydrogen) atoms. The Balaban J connectivity index is 1.69. The highest BCUT2D eigenvalue weighted by Crippen LogP contribution is 2.27. The molecule has 10 nitrogen and oxygen atoms in total. The number of nitrogens with zero attached hydrogens (tertiary/aromatic N) is 6. The minimum atomic E-state index is -0.0132. The molecule has 0 spiro atoms. The summed E-state index contributed by atoms with van der Waals surface area (Å²) in [6.45, 7) is 0.522. The maximum atomic E-state index is 11.9. The molecule has 1 aromatic carbocycles. The summed E-state index contributed by atoms with van der Waals surface area (Å²) in [5, 5.41) is 7.29. The van der Waals surface area contributed by atoms with Gasteiger partial charge in [0.1, 0.15) is 22.5 Å². The summed E-state index contributed by atoms with van der Waals surface area (Å²) in [6, 6.07) is 9.27. The van der Waals surface area contributed by atoms with Crippen molar-refractivity contribution in [3.63, 3.8) is 0 Å². The third-order valence-electron chi connectivity index (χ3n) is 5.77. The van der Waals surface area contributed by atoms with Gasteiger partial charge >= 0.3 is 0 Å². The summed E-state index contributed by atoms with van der Waals surface area (Å²) < 4.78 is 14.5. The van der Waals surface area contributed by atoms with E-state index in [-0.39, 0.29) is 11.9 Å². The lowest BCUT2D eigenvalue weighted by atomic mass is 10.2. The second-order valence-corrected chi connectivity index (χ2v) is 8.15. The number of fused-ring (bicyclic) bond motifs is 1. The van der Waals surface area contributed by atoms with Crippen molar-refractivity contribution in [1.29, 1.82) is 0 Å². The van der Waals surface area contributed by atoms with Crippen LogP contribution >= 0.6 is 0 Å². The molecule has 0 saturated carbocycles. The van der Waals surface area contributed by atoms with E-state index >= 15 is 0 Å². The molecule has 1 aliphatic rings. The summed E-state index contributed by atoms with van der Waals surface area (Å²) >= 11 is 0. The summed E-state index contributed by atoms with van der Waals surface area (Å²) in [5.74, 6) is 1.35. The van der Waals surface area contributed by atoms with Crippen LogP contribution in [0.25, 0.3) is 22.4 Å². The zero-order valence-corrected chi connectivity index (χ0v) is 19.2. The first kappa shape index (κ1) is 21.6. The third-order valence-corrected chi connectivity index (χ3v) is 5.77. The molecular weight excluding hydrogens is 434 g/mol. The van der Waals surface area contributed by atoms with Gasteiger partial charge in [0.2, 0.25) is 5.91 Å². The first-order chi connectivity index (χ1) is 16.5. The van der Waals surface area contributed by atoms with Crippen LogP contribution in [0.5, 0.6) is 11.5 Å². The smallest absolute Gasteiger partial charge is 0.220 e. The predicted molar refractivity (Wildman–Crippen MR) is 126 cm³/mol. The molecular formula is C24H25N7O3. The Hall–Kier alpha value is -4.21. The van der Waals surface area contributed by atoms with Crippen molar-refractivity contribution < 1.29 is 14.3 Å². The highest BCUT2D eigenvalue weighted by molar-refractivity contribution is 5.78. The molecule has 1 atom stereocenters. The number of hydrogen-bond donors (Lipinski definition) is 1. The molecule has 1 N–H and O–H groups in total. The largest absolute Gasteiger partial charge is 0.497 e. The molecule has 0 aliphatic carbocycles. The van der Waals surface area contributed by atoms with Crippen LogP contribution < -0.4 is 20.3 Å². The molecule has 1 unspecified atom stereocenters. The zero-order chi connectivity index (χ0) is 23.7. The lowest BCUT2D eigenvalue weighted by molar-refractivity contribution is -0.119. The van der Waals surface area contributed by atoms with E-state index in [0.29, 0.717) is 47.0 Å². The van der Waals surface area contributed by atoms with Gasteiger partial charge in [-0.2, -0.15) is 5.10 Å². The van der Waals surface area contributed by atoms with Crippen LogP contribution in [0.15, 0.2) is 53.9 Å². The Morgan fingerprint density at radius 1 is 1.15 bits per heavy atom. The van der Waals surface area contributed by atoms with Crippen molar-refractivity contribution in [3.8, 4) is 22.8 Å². The van der Waals surface area contributed by atoms with Gasteiger partial charge in [-0.3, -0.25) is 14.5 Å². The van der Waals surface area contributed by atoms with Crippen molar-refractivity contribution in [1.82, 2.24) is 29.6 Å². The Morgan fingerprint density at radius 3 is 2.59 bits per heavy atom. The van der Waals surface area contributed by atoms with Gasteiger partial charge < -0.3 is 19.4 Å². The average Bonchev–Trinajstić information content (AvgIpc) is 3.47. The monoisotopic (exact) mass is 459 g/mol. The van der Waals surface area contributed by atoms with Gasteiger partial charge in [-0.25, -0.2) is 9.98 Å². The number of amides is 1. The SMILES string of the molecule is COc1cc(/N=c2\ccc3ncc(-c4cnn(C)c4)nc3n2CC2CCC(=O)N2)cc(OC)c1. The normalized spacial score (nSPS) is 16.1. The standard InChI is InChI=1S/C24H25N7O3/c1-30-13-15(11-26-30)21-12-25-20-5-6-22(27-17-8-18(33-2)10-19(9-17)34-3)31(24(20)29-21)14-16-4-7-23(32)28-16/h5-6,8-13,16H,4,7,14H2,1-3H3,(H,28,32)/b27-22+. The number of methoxy groups -OCH3 is 2. The lowest BCUT2D eigenvalue weighted by Gasteiger charge is -2.16. The Morgan fingerprint density at radius 2 is 1.94 bits per heavy atom. The summed E-state index contributed by atoms with van der Waals surface area (Å²) in [4.78, 5) is 26.3. The second-order valence-electron chi connectivity index (χ2n) is 8.15. The van der Waals surface area contributed by atoms with E-state index < -0.39 is 0 Å². The van der Waals surface area contributed by atoms with Crippen LogP contribution in [0.4, 0.5) is 5.69 Å². The van der Waals surface area contributed by atoms with Crippen molar-refractivity contribution in [3.05, 3.63) is 54.4 Å². The van der Waals surface area contributed by atoms with E-state index in [4.69, 9.17) is 19.5 Å². The van der Waals surface area contributed by atoms with E-state index in [0.717, 1.165) is 17.5 Å². The van der Waals surface area contributed by atoms with Gasteiger partial charge in [-0.05, 0) is 18.6 Å². The highest BCUT2D eigenvalue weighted by atomic mass is 16.5. The fourth-order valence-electron chi connectivity index (χ4n) is 4.05. The molecule has 10 heteroatoms. The van der Waals surface area contributed by atoms with Gasteiger partial charge in [0.15, 0.2) is 5.65 Å². The molecule has 1 fully saturated rings. The van der Waals surface area contributed by atoms with Crippen LogP contribution in [0.3, 0.4) is 0 Å². The topological polar surface area (TPSA) is 108 Å². The van der Waals surface area contributed by atoms with Crippen LogP contribution in [0.2, 0.25) is 0 Å². The number of carbonyl (C=O) groups excluding carboxylic acids is 1. The minimum Gasteiger partial charge on any atom is -0.497 e. The van der Waals surface area contributed by atoms with Crippen molar-refractivity contribution in [2.75, 3.05) is 14.2 Å². The highest BCUT2D eigenvalue weighted by Gasteiger charge is 2.22. The molecule has 1 saturated heterocycles. The Bertz CT molecular complexity index is 1420. The third kappa shape index (κ3) is 4.34. The van der Waals surface area contributed by atoms with E-state index in [2.05, 4.69) is 15.4 Å². The van der Waals surface area contributed by atoms with Crippen molar-refractivity contribution in [2.45, 2.75) is 25.4 Å². The maximum Gasteiger partial charge on any atom is 0.220 e. The Kier molecular flexibility index (Phi) is 5.70. The van der Waals surface area contributed by atoms with Crippen LogP contribution in [-0.4, -0.2) is 50.5 Å². The summed E-state index contributed by atoms with van der Waals surface area (Å²) in [6.07, 6.45) is 6.67. The Labute approximate surface area is 195 Å². The molecule has 0 radical (unpaired) electrons. The van der Waals surface area contributed by atoms with Crippen molar-refractivity contribution in [2.24, 2.45) is 12.0 Å². The second kappa shape index (κ2) is 8.97. The predicted octanol–water partition coefficient (Wildman–Crippen LogP) is 2.36. The fraction of sp³-hybridized carbons (Fsp3) is 0.292. The molecule has 1 amide bonds. The number of hydrogen-bond acceptors (Lipinski definition) is 7. The van der Waals surface area contributed by atoms with E-state index in [1.165, 1.54) is 0 Å². The van der Waals surface area contributed by atoms with Gasteiger partial charge in [-0.15, -0.1) is 0 Å². The van der Waals surface area contributed by atoms with E-state index in [1.54, 1.807) is 37.4 Å². The number of ether oxygens (including phenoxy) is 2. The molecule has 4 heterocycles. The molecule has 4 aromatic rings. The quantitative estimate of drug-likeness (QED) is 0.474. The van der Waals surface area contributed by atoms with Gasteiger partial charge in [0.25, 0.3) is 0 Å². The van der Waals surface area contributed by atoms with E-state index in [1.807, 2.05) is 42.1 Å². The van der Waals surface area contributed by atoms with Crippen molar-refractivity contribution >= 4 is 22.8 Å². The number of rotatable bonds is 6. The number of nitrogens with one attached hydrogen (secondary N) is 1. The molecule has 174 valence electrons. The summed E-state index contributed by atoms with van der Waals surface area (Å²) in [5.41, 5.74) is 4.36. The number of carbonyl (C=O) groups is 1. The molecule has 3 aromatic heterocycles. The molecule has 5 rings (SSSR count). The van der Waals surface area contributed by atoms with Gasteiger partial charge in [-0.1, -0.05) is 0 Å². The van der Waals surface area contributed by atoms with E-state index in [9.17, 15) is 4.79 Å². The summed E-state index contributed by atoms with van der Waals surface area (Å²) in [7, 11) is 5.07. The van der Waals surface area contributed by atoms with Gasteiger partial charge in [0, 0.05) is 56.0 Å². The molecule has 0 bridgehead atoms. The van der Waals surface area contributed by atoms with Crippen LogP contribution in [-0.2, 0) is 18.4 Å². The van der Waals surface area contributed by atoms with Crippen LogP contribution in [0, 0.1) is 0 Å². The number of aryl methyl sites for hydroxylation is 1. The number of benzene rings is 1. The number of aromatic nitrogens is 5.